The van der Waals surface area contributed by atoms with Gasteiger partial charge < -0.3 is 0 Å². The van der Waals surface area contributed by atoms with Crippen molar-refractivity contribution in [1.29, 1.82) is 5.26 Å². The molecule has 246 valence electrons. The molecule has 1 aliphatic carbocycles. The van der Waals surface area contributed by atoms with Crippen LogP contribution in [0.3, 0.4) is 0 Å². The topological polar surface area (TPSA) is 36.1 Å². The molecule has 0 amide bonds. The van der Waals surface area contributed by atoms with E-state index in [2.05, 4.69) is 180 Å². The summed E-state index contributed by atoms with van der Waals surface area (Å²) >= 11 is 0. The van der Waals surface area contributed by atoms with Crippen LogP contribution in [0.25, 0.3) is 33.5 Å². The number of fused-ring (bicyclic) bond motifs is 4. The van der Waals surface area contributed by atoms with Gasteiger partial charge in [0.25, 0.3) is 0 Å². The van der Waals surface area contributed by atoms with Crippen LogP contribution in [-0.4, -0.2) is 5.71 Å². The third-order valence-electron chi connectivity index (χ3n) is 10.0. The highest BCUT2D eigenvalue weighted by molar-refractivity contribution is 6.14. The van der Waals surface area contributed by atoms with Crippen molar-refractivity contribution in [2.45, 2.75) is 33.1 Å². The van der Waals surface area contributed by atoms with E-state index in [0.29, 0.717) is 5.56 Å². The normalized spacial score (nSPS) is 14.0. The summed E-state index contributed by atoms with van der Waals surface area (Å²) < 4.78 is 0. The Balaban J connectivity index is 1.10. The standard InChI is InChI=1S/C49H40N2/c1-6-37(42-24-27-45-44-26-20-36(32-50)29-46(44)49(4,5)47(45)31-42)28-34(3)33(2)16-17-35-18-21-40(22-19-35)48(39-13-8-7-9-14-39)51-43-25-23-38-12-10-11-15-41(38)30-43/h6-31H,2H2,1,3-5H3/b17-16-,34-28+,37-6+,51-48?. The lowest BCUT2D eigenvalue weighted by molar-refractivity contribution is 0.660. The summed E-state index contributed by atoms with van der Waals surface area (Å²) in [5.74, 6) is 0. The van der Waals surface area contributed by atoms with Gasteiger partial charge in [-0.25, -0.2) is 4.99 Å². The van der Waals surface area contributed by atoms with Gasteiger partial charge in [0.2, 0.25) is 0 Å². The Kier molecular flexibility index (Phi) is 9.05. The molecule has 0 heterocycles. The number of nitriles is 1. The van der Waals surface area contributed by atoms with Gasteiger partial charge in [-0.1, -0.05) is 148 Å². The smallest absolute Gasteiger partial charge is 0.0991 e. The van der Waals surface area contributed by atoms with Crippen LogP contribution in [0.2, 0.25) is 0 Å². The van der Waals surface area contributed by atoms with Crippen molar-refractivity contribution < 1.29 is 0 Å². The predicted octanol–water partition coefficient (Wildman–Crippen LogP) is 12.8. The summed E-state index contributed by atoms with van der Waals surface area (Å²) in [6.07, 6.45) is 8.58. The van der Waals surface area contributed by atoms with E-state index >= 15 is 0 Å². The third-order valence-corrected chi connectivity index (χ3v) is 10.0. The van der Waals surface area contributed by atoms with E-state index in [-0.39, 0.29) is 5.41 Å². The summed E-state index contributed by atoms with van der Waals surface area (Å²) in [6, 6.07) is 48.8. The van der Waals surface area contributed by atoms with E-state index in [0.717, 1.165) is 44.8 Å². The Morgan fingerprint density at radius 1 is 0.706 bits per heavy atom. The molecule has 0 radical (unpaired) electrons. The molecule has 2 nitrogen and oxygen atoms in total. The fraction of sp³-hybridized carbons (Fsp3) is 0.102. The van der Waals surface area contributed by atoms with Crippen molar-refractivity contribution in [2.24, 2.45) is 4.99 Å². The van der Waals surface area contributed by atoms with E-state index < -0.39 is 0 Å². The molecule has 2 heteroatoms. The highest BCUT2D eigenvalue weighted by atomic mass is 14.7. The van der Waals surface area contributed by atoms with Crippen LogP contribution in [0.1, 0.15) is 66.6 Å². The van der Waals surface area contributed by atoms with Gasteiger partial charge in [0.15, 0.2) is 0 Å². The van der Waals surface area contributed by atoms with Crippen molar-refractivity contribution in [2.75, 3.05) is 0 Å². The van der Waals surface area contributed by atoms with Crippen LogP contribution in [0.5, 0.6) is 0 Å². The maximum absolute atomic E-state index is 9.50. The van der Waals surface area contributed by atoms with Crippen molar-refractivity contribution in [3.63, 3.8) is 0 Å². The minimum Gasteiger partial charge on any atom is -0.248 e. The second kappa shape index (κ2) is 13.9. The number of rotatable bonds is 8. The first-order valence-corrected chi connectivity index (χ1v) is 17.4. The molecule has 0 atom stereocenters. The quantitative estimate of drug-likeness (QED) is 0.119. The number of aliphatic imine (C=N–C) groups is 1. The fourth-order valence-corrected chi connectivity index (χ4v) is 6.99. The summed E-state index contributed by atoms with van der Waals surface area (Å²) in [6.45, 7) is 13.1. The van der Waals surface area contributed by atoms with E-state index in [1.54, 1.807) is 0 Å². The van der Waals surface area contributed by atoms with Gasteiger partial charge in [0, 0.05) is 16.5 Å². The average Bonchev–Trinajstić information content (AvgIpc) is 3.40. The predicted molar refractivity (Wildman–Crippen MR) is 216 cm³/mol. The van der Waals surface area contributed by atoms with Gasteiger partial charge in [-0.05, 0) is 105 Å². The fourth-order valence-electron chi connectivity index (χ4n) is 6.99. The van der Waals surface area contributed by atoms with E-state index in [1.807, 2.05) is 18.2 Å². The van der Waals surface area contributed by atoms with Gasteiger partial charge in [0.05, 0.1) is 23.0 Å². The van der Waals surface area contributed by atoms with E-state index in [4.69, 9.17) is 4.99 Å². The molecule has 0 unspecified atom stereocenters. The lowest BCUT2D eigenvalue weighted by Crippen LogP contribution is -2.15. The highest BCUT2D eigenvalue weighted by Gasteiger charge is 2.35. The number of allylic oxidation sites excluding steroid dienone is 6. The van der Waals surface area contributed by atoms with Crippen LogP contribution >= 0.6 is 0 Å². The summed E-state index contributed by atoms with van der Waals surface area (Å²) in [5, 5.41) is 11.9. The highest BCUT2D eigenvalue weighted by Crippen LogP contribution is 2.49. The molecule has 6 aromatic rings. The zero-order valence-corrected chi connectivity index (χ0v) is 29.6. The maximum atomic E-state index is 9.50. The molecule has 0 saturated heterocycles. The zero-order chi connectivity index (χ0) is 35.5. The first-order valence-electron chi connectivity index (χ1n) is 17.4. The molecule has 6 aromatic carbocycles. The van der Waals surface area contributed by atoms with Crippen LogP contribution in [-0.2, 0) is 5.41 Å². The monoisotopic (exact) mass is 656 g/mol. The van der Waals surface area contributed by atoms with Crippen molar-refractivity contribution in [3.05, 3.63) is 208 Å². The Morgan fingerprint density at radius 2 is 1.35 bits per heavy atom. The zero-order valence-electron chi connectivity index (χ0n) is 29.6. The van der Waals surface area contributed by atoms with Gasteiger partial charge in [-0.3, -0.25) is 0 Å². The molecule has 0 aromatic heterocycles. The van der Waals surface area contributed by atoms with Crippen LogP contribution in [0, 0.1) is 11.3 Å². The minimum atomic E-state index is -0.183. The first kappa shape index (κ1) is 33.2. The summed E-state index contributed by atoms with van der Waals surface area (Å²) in [7, 11) is 0. The van der Waals surface area contributed by atoms with Gasteiger partial charge in [-0.15, -0.1) is 0 Å². The Labute approximate surface area is 301 Å². The SMILES string of the molecule is C=C(/C=C\c1ccc(C(=Nc2ccc3ccccc3c2)c2ccccc2)cc1)/C(C)=C/C(=C\C)c1ccc2c(c1)C(C)(C)c1cc(C#N)ccc1-2. The second-order valence-corrected chi connectivity index (χ2v) is 13.7. The molecular formula is C49H40N2. The average molecular weight is 657 g/mol. The Hall–Kier alpha value is -6.30. The molecule has 51 heavy (non-hydrogen) atoms. The Morgan fingerprint density at radius 3 is 2.08 bits per heavy atom. The number of nitrogens with zero attached hydrogens (tertiary/aromatic N) is 2. The lowest BCUT2D eigenvalue weighted by atomic mass is 9.81. The Bertz CT molecular complexity index is 2460. The van der Waals surface area contributed by atoms with Crippen molar-refractivity contribution >= 4 is 33.8 Å². The van der Waals surface area contributed by atoms with Crippen LogP contribution in [0.4, 0.5) is 5.69 Å². The van der Waals surface area contributed by atoms with E-state index in [9.17, 15) is 5.26 Å². The van der Waals surface area contributed by atoms with Crippen molar-refractivity contribution in [1.82, 2.24) is 0 Å². The molecule has 0 N–H and O–H groups in total. The minimum absolute atomic E-state index is 0.183. The lowest BCUT2D eigenvalue weighted by Gasteiger charge is -2.22. The largest absolute Gasteiger partial charge is 0.248 e. The molecule has 1 aliphatic rings. The third kappa shape index (κ3) is 6.67. The molecular weight excluding hydrogens is 617 g/mol. The van der Waals surface area contributed by atoms with Crippen LogP contribution in [0.15, 0.2) is 174 Å². The second-order valence-electron chi connectivity index (χ2n) is 13.7. The van der Waals surface area contributed by atoms with Crippen LogP contribution < -0.4 is 0 Å². The van der Waals surface area contributed by atoms with Crippen molar-refractivity contribution in [3.8, 4) is 17.2 Å². The summed E-state index contributed by atoms with van der Waals surface area (Å²) in [5.41, 5.74) is 15.0. The van der Waals surface area contributed by atoms with Gasteiger partial charge >= 0.3 is 0 Å². The van der Waals surface area contributed by atoms with Gasteiger partial charge in [-0.2, -0.15) is 5.26 Å². The molecule has 0 fully saturated rings. The molecule has 0 aliphatic heterocycles. The molecule has 0 spiro atoms. The first-order chi connectivity index (χ1) is 24.7. The molecule has 7 rings (SSSR count). The van der Waals surface area contributed by atoms with E-state index in [1.165, 1.54) is 38.6 Å². The molecule has 0 bridgehead atoms. The number of hydrogen-bond donors (Lipinski definition) is 0. The summed E-state index contributed by atoms with van der Waals surface area (Å²) in [4.78, 5) is 5.14. The molecule has 0 saturated carbocycles. The maximum Gasteiger partial charge on any atom is 0.0991 e. The number of benzene rings is 6. The van der Waals surface area contributed by atoms with Gasteiger partial charge in [0.1, 0.15) is 0 Å². The number of hydrogen-bond acceptors (Lipinski definition) is 2.